The summed E-state index contributed by atoms with van der Waals surface area (Å²) in [5.41, 5.74) is 0. The highest BCUT2D eigenvalue weighted by molar-refractivity contribution is 8.37. The summed E-state index contributed by atoms with van der Waals surface area (Å²) in [5, 5.41) is 0. The molecule has 0 nitrogen and oxygen atoms in total. The van der Waals surface area contributed by atoms with Gasteiger partial charge in [-0.15, -0.1) is 8.93 Å². The van der Waals surface area contributed by atoms with Gasteiger partial charge in [0, 0.05) is 9.91 Å². The van der Waals surface area contributed by atoms with E-state index in [0.29, 0.717) is 0 Å². The zero-order valence-electron chi connectivity index (χ0n) is 2.60. The molecule has 4 heavy (non-hydrogen) atoms. The van der Waals surface area contributed by atoms with Crippen LogP contribution in [-0.2, 0) is 0 Å². The first-order valence-electron chi connectivity index (χ1n) is 0.964. The zero-order valence-corrected chi connectivity index (χ0v) is 6.65. The Morgan fingerprint density at radius 3 is 2.00 bits per heavy atom. The highest BCUT2D eigenvalue weighted by Crippen LogP contribution is 2.30. The molecule has 2 unspecified atom stereocenters. The molecular weight excluding hydrogens is 101 g/mol. The SMILES string of the molecule is [B]P([SiH3])P. The lowest BCUT2D eigenvalue weighted by Gasteiger charge is -1.81. The van der Waals surface area contributed by atoms with Crippen LogP contribution in [-0.4, -0.2) is 17.5 Å². The summed E-state index contributed by atoms with van der Waals surface area (Å²) in [5.74, 6) is 0. The molecule has 0 aromatic heterocycles. The van der Waals surface area contributed by atoms with Crippen molar-refractivity contribution in [1.29, 1.82) is 0 Å². The molecular formula is H5BP2Si. The Bertz CT molecular complexity index is 10.8. The summed E-state index contributed by atoms with van der Waals surface area (Å²) < 4.78 is 0. The van der Waals surface area contributed by atoms with E-state index in [1.807, 2.05) is 0 Å². The van der Waals surface area contributed by atoms with E-state index in [4.69, 9.17) is 7.57 Å². The molecule has 0 N–H and O–H groups in total. The van der Waals surface area contributed by atoms with Crippen LogP contribution in [0.2, 0.25) is 0 Å². The molecule has 0 aliphatic heterocycles. The Hall–Kier alpha value is 1.14. The van der Waals surface area contributed by atoms with Gasteiger partial charge in [-0.1, -0.05) is 0 Å². The molecule has 4 heteroatoms. The second kappa shape index (κ2) is 2.38. The van der Waals surface area contributed by atoms with Crippen LogP contribution in [0.15, 0.2) is 0 Å². The number of hydrogen-bond donors (Lipinski definition) is 0. The molecule has 0 aromatic carbocycles. The molecule has 0 fully saturated rings. The molecule has 0 saturated carbocycles. The van der Waals surface area contributed by atoms with Gasteiger partial charge in [0.2, 0.25) is 0 Å². The molecule has 2 atom stereocenters. The third kappa shape index (κ3) is 11.1. The average Bonchev–Trinajstić information content (AvgIpc) is 0.811. The van der Waals surface area contributed by atoms with Gasteiger partial charge in [0.25, 0.3) is 0 Å². The van der Waals surface area contributed by atoms with Crippen molar-refractivity contribution in [2.24, 2.45) is 0 Å². The van der Waals surface area contributed by atoms with E-state index < -0.39 is 0 Å². The monoisotopic (exact) mass is 106 g/mol. The number of hydrogen-bond acceptors (Lipinski definition) is 0. The third-order valence-electron chi connectivity index (χ3n) is 0. The van der Waals surface area contributed by atoms with Gasteiger partial charge in [0.15, 0.2) is 0 Å². The van der Waals surface area contributed by atoms with Gasteiger partial charge in [0.1, 0.15) is 7.57 Å². The Kier molecular flexibility index (Phi) is 3.06. The van der Waals surface area contributed by atoms with Gasteiger partial charge in [-0.25, -0.2) is 0 Å². The molecule has 0 bridgehead atoms. The molecule has 2 radical (unpaired) electrons. The van der Waals surface area contributed by atoms with Crippen LogP contribution in [0, 0.1) is 0 Å². The molecule has 0 saturated heterocycles. The van der Waals surface area contributed by atoms with Crippen molar-refractivity contribution in [3.05, 3.63) is 0 Å². The quantitative estimate of drug-likeness (QED) is 0.291. The summed E-state index contributed by atoms with van der Waals surface area (Å²) in [6.45, 7) is 0. The second-order valence-electron chi connectivity index (χ2n) is 0.665. The predicted molar refractivity (Wildman–Crippen MR) is 32.3 cm³/mol. The maximum absolute atomic E-state index is 5.20. The largest absolute Gasteiger partial charge is 0.158 e. The summed E-state index contributed by atoms with van der Waals surface area (Å²) in [6, 6.07) is 0. The fraction of sp³-hybridized carbons (Fsp3) is 0. The van der Waals surface area contributed by atoms with E-state index >= 15 is 0 Å². The highest BCUT2D eigenvalue weighted by Gasteiger charge is 1.66. The molecule has 0 aliphatic carbocycles. The van der Waals surface area contributed by atoms with Crippen LogP contribution in [0.25, 0.3) is 0 Å². The van der Waals surface area contributed by atoms with E-state index in [-0.39, 0.29) is 7.04 Å². The van der Waals surface area contributed by atoms with Crippen molar-refractivity contribution in [3.8, 4) is 0 Å². The zero-order chi connectivity index (χ0) is 3.58. The first kappa shape index (κ1) is 5.14. The van der Waals surface area contributed by atoms with E-state index in [9.17, 15) is 0 Å². The predicted octanol–water partition coefficient (Wildman–Crippen LogP) is -0.378. The van der Waals surface area contributed by atoms with Gasteiger partial charge < -0.3 is 0 Å². The van der Waals surface area contributed by atoms with Crippen LogP contribution < -0.4 is 0 Å². The maximum atomic E-state index is 5.20. The smallest absolute Gasteiger partial charge is 0.107 e. The summed E-state index contributed by atoms with van der Waals surface area (Å²) in [7, 11) is 8.85. The Labute approximate surface area is 34.2 Å². The van der Waals surface area contributed by atoms with Gasteiger partial charge >= 0.3 is 0 Å². The molecule has 22 valence electrons. The lowest BCUT2D eigenvalue weighted by atomic mass is 10.8. The van der Waals surface area contributed by atoms with E-state index in [2.05, 4.69) is 8.93 Å². The van der Waals surface area contributed by atoms with Gasteiger partial charge in [0.05, 0.1) is 0 Å². The maximum Gasteiger partial charge on any atom is 0.107 e. The van der Waals surface area contributed by atoms with Crippen molar-refractivity contribution in [2.75, 3.05) is 0 Å². The summed E-state index contributed by atoms with van der Waals surface area (Å²) in [6.07, 6.45) is 0. The standard InChI is InChI=1S/BH5P2Si/c1-3(2)4/h2H2,4H3. The normalized spacial score (nSPS) is 16.2. The van der Waals surface area contributed by atoms with Crippen molar-refractivity contribution >= 4 is 33.4 Å². The van der Waals surface area contributed by atoms with E-state index in [0.717, 1.165) is 9.91 Å². The van der Waals surface area contributed by atoms with Crippen molar-refractivity contribution in [3.63, 3.8) is 0 Å². The molecule has 0 spiro atoms. The molecule has 0 amide bonds. The summed E-state index contributed by atoms with van der Waals surface area (Å²) >= 11 is 0. The lowest BCUT2D eigenvalue weighted by molar-refractivity contribution is 4.66. The Balaban J connectivity index is 2.32. The minimum absolute atomic E-state index is 0.0648. The molecule has 0 heterocycles. The van der Waals surface area contributed by atoms with Crippen LogP contribution >= 0.6 is 16.0 Å². The lowest BCUT2D eigenvalue weighted by Crippen LogP contribution is -1.45. The van der Waals surface area contributed by atoms with Crippen LogP contribution in [0.5, 0.6) is 0 Å². The minimum Gasteiger partial charge on any atom is -0.158 e. The fourth-order valence-corrected chi connectivity index (χ4v) is 0. The van der Waals surface area contributed by atoms with E-state index in [1.165, 1.54) is 0 Å². The topological polar surface area (TPSA) is 0 Å². The van der Waals surface area contributed by atoms with Crippen molar-refractivity contribution in [2.45, 2.75) is 0 Å². The van der Waals surface area contributed by atoms with Crippen LogP contribution in [0.4, 0.5) is 0 Å². The molecule has 0 aromatic rings. The van der Waals surface area contributed by atoms with Gasteiger partial charge in [-0.05, 0) is 0 Å². The first-order valence-corrected chi connectivity index (χ1v) is 7.12. The van der Waals surface area contributed by atoms with Crippen molar-refractivity contribution < 1.29 is 0 Å². The summed E-state index contributed by atoms with van der Waals surface area (Å²) in [4.78, 5) is 0. The van der Waals surface area contributed by atoms with Crippen molar-refractivity contribution in [1.82, 2.24) is 0 Å². The van der Waals surface area contributed by atoms with Crippen LogP contribution in [0.3, 0.4) is 0 Å². The molecule has 0 aliphatic rings. The van der Waals surface area contributed by atoms with E-state index in [1.54, 1.807) is 0 Å². The third-order valence-corrected chi connectivity index (χ3v) is 0. The molecule has 0 rings (SSSR count). The van der Waals surface area contributed by atoms with Gasteiger partial charge in [-0.2, -0.15) is 7.04 Å². The number of rotatable bonds is 0. The first-order chi connectivity index (χ1) is 1.73. The average molecular weight is 106 g/mol. The second-order valence-corrected chi connectivity index (χ2v) is 10.6. The minimum atomic E-state index is -0.0648. The van der Waals surface area contributed by atoms with Gasteiger partial charge in [-0.3, -0.25) is 0 Å². The van der Waals surface area contributed by atoms with Crippen LogP contribution in [0.1, 0.15) is 0 Å². The Morgan fingerprint density at radius 1 is 2.00 bits per heavy atom. The Morgan fingerprint density at radius 2 is 2.00 bits per heavy atom. The highest BCUT2D eigenvalue weighted by atomic mass is 32.1. The fourth-order valence-electron chi connectivity index (χ4n) is 0.